The van der Waals surface area contributed by atoms with Gasteiger partial charge in [0.25, 0.3) is 0 Å². The lowest BCUT2D eigenvalue weighted by molar-refractivity contribution is 1.18. The molecule has 4 heterocycles. The third kappa shape index (κ3) is 4.90. The van der Waals surface area contributed by atoms with Crippen LogP contribution in [0.5, 0.6) is 0 Å². The van der Waals surface area contributed by atoms with E-state index in [0.717, 1.165) is 33.5 Å². The molecule has 12 rings (SSSR count). The van der Waals surface area contributed by atoms with Gasteiger partial charge >= 0.3 is 0 Å². The molecule has 8 aromatic carbocycles. The number of pyridine rings is 1. The van der Waals surface area contributed by atoms with Crippen molar-refractivity contribution in [2.45, 2.75) is 0 Å². The van der Waals surface area contributed by atoms with Crippen LogP contribution in [0.4, 0.5) is 0 Å². The second-order valence-corrected chi connectivity index (χ2v) is 15.1. The Balaban J connectivity index is 1.02. The monoisotopic (exact) mass is 723 g/mol. The van der Waals surface area contributed by atoms with Crippen LogP contribution in [0.3, 0.4) is 0 Å². The minimum atomic E-state index is 0.151. The number of nitrogens with zero attached hydrogens (tertiary/aromatic N) is 3. The Morgan fingerprint density at radius 3 is 1.88 bits per heavy atom. The Bertz CT molecular complexity index is 3330. The molecule has 0 atom stereocenters. The number of rotatable bonds is 5. The fourth-order valence-corrected chi connectivity index (χ4v) is 9.41. The summed E-state index contributed by atoms with van der Waals surface area (Å²) >= 11 is 0. The molecule has 3 nitrogen and oxygen atoms in total. The fraction of sp³-hybridized carbons (Fsp3) is 0. The van der Waals surface area contributed by atoms with Gasteiger partial charge in [-0.05, 0) is 64.0 Å². The summed E-state index contributed by atoms with van der Waals surface area (Å²) in [6, 6.07) is 72.9. The molecule has 0 spiro atoms. The standard InChI is InChI=1S/C53H34BN3/c1-4-15-38(16-5-1)52-51(55-53-42-21-11-10-14-36(42)30-31-56(52)53)37-26-24-35(25-27-37)39-28-29-47-44(32-39)45-34-50-46(33-48(45)54(47)40-17-6-2-7-18-40)43-22-12-13-23-49(43)57(50)41-19-8-3-9-20-41/h1-34H. The molecule has 0 amide bonds. The summed E-state index contributed by atoms with van der Waals surface area (Å²) in [5, 5.41) is 4.89. The first-order valence-corrected chi connectivity index (χ1v) is 19.7. The maximum absolute atomic E-state index is 5.33. The highest BCUT2D eigenvalue weighted by Gasteiger charge is 2.35. The molecule has 0 radical (unpaired) electrons. The Labute approximate surface area is 330 Å². The van der Waals surface area contributed by atoms with Gasteiger partial charge in [-0.1, -0.05) is 180 Å². The number of hydrogen-bond acceptors (Lipinski definition) is 1. The van der Waals surface area contributed by atoms with Gasteiger partial charge in [0.05, 0.1) is 22.4 Å². The van der Waals surface area contributed by atoms with E-state index in [-0.39, 0.29) is 6.71 Å². The van der Waals surface area contributed by atoms with Gasteiger partial charge in [-0.15, -0.1) is 0 Å². The van der Waals surface area contributed by atoms with Crippen molar-refractivity contribution in [2.75, 3.05) is 0 Å². The summed E-state index contributed by atoms with van der Waals surface area (Å²) in [5.74, 6) is 0. The third-order valence-electron chi connectivity index (χ3n) is 12.0. The zero-order valence-electron chi connectivity index (χ0n) is 31.0. The van der Waals surface area contributed by atoms with Crippen LogP contribution in [-0.4, -0.2) is 20.7 Å². The molecule has 1 aliphatic heterocycles. The third-order valence-corrected chi connectivity index (χ3v) is 12.0. The molecule has 0 N–H and O–H groups in total. The first-order chi connectivity index (χ1) is 28.3. The lowest BCUT2D eigenvalue weighted by atomic mass is 9.39. The predicted molar refractivity (Wildman–Crippen MR) is 240 cm³/mol. The van der Waals surface area contributed by atoms with Crippen molar-refractivity contribution in [3.63, 3.8) is 0 Å². The van der Waals surface area contributed by atoms with Crippen molar-refractivity contribution in [1.29, 1.82) is 0 Å². The predicted octanol–water partition coefficient (Wildman–Crippen LogP) is 11.1. The van der Waals surface area contributed by atoms with Gasteiger partial charge in [0.2, 0.25) is 6.71 Å². The van der Waals surface area contributed by atoms with Crippen LogP contribution in [0.1, 0.15) is 0 Å². The summed E-state index contributed by atoms with van der Waals surface area (Å²) in [4.78, 5) is 5.33. The Hall–Kier alpha value is -7.43. The second-order valence-electron chi connectivity index (χ2n) is 15.1. The zero-order valence-corrected chi connectivity index (χ0v) is 31.0. The van der Waals surface area contributed by atoms with E-state index in [1.54, 1.807) is 0 Å². The van der Waals surface area contributed by atoms with Gasteiger partial charge in [0.15, 0.2) is 0 Å². The van der Waals surface area contributed by atoms with Crippen molar-refractivity contribution in [1.82, 2.24) is 14.0 Å². The van der Waals surface area contributed by atoms with Crippen molar-refractivity contribution in [2.24, 2.45) is 0 Å². The van der Waals surface area contributed by atoms with E-state index in [0.29, 0.717) is 0 Å². The minimum absolute atomic E-state index is 0.151. The van der Waals surface area contributed by atoms with Crippen LogP contribution in [0, 0.1) is 0 Å². The SMILES string of the molecule is c1ccc(B2c3ccc(-c4ccc(-c5nc6c7ccccc7ccn6c5-c5ccccc5)cc4)cc3-c3cc4c(cc32)c2ccccc2n4-c2ccccc2)cc1. The smallest absolute Gasteiger partial charge is 0.242 e. The van der Waals surface area contributed by atoms with Crippen molar-refractivity contribution in [3.05, 3.63) is 206 Å². The average molecular weight is 724 g/mol. The lowest BCUT2D eigenvalue weighted by Crippen LogP contribution is -2.48. The molecule has 3 aromatic heterocycles. The van der Waals surface area contributed by atoms with E-state index in [2.05, 4.69) is 215 Å². The van der Waals surface area contributed by atoms with E-state index < -0.39 is 0 Å². The van der Waals surface area contributed by atoms with Gasteiger partial charge in [-0.25, -0.2) is 4.98 Å². The molecule has 0 saturated heterocycles. The van der Waals surface area contributed by atoms with E-state index >= 15 is 0 Å². The largest absolute Gasteiger partial charge is 0.309 e. The Kier molecular flexibility index (Phi) is 7.02. The summed E-state index contributed by atoms with van der Waals surface area (Å²) < 4.78 is 4.67. The van der Waals surface area contributed by atoms with Gasteiger partial charge in [0.1, 0.15) is 5.65 Å². The lowest BCUT2D eigenvalue weighted by Gasteiger charge is -2.12. The van der Waals surface area contributed by atoms with E-state index in [9.17, 15) is 0 Å². The van der Waals surface area contributed by atoms with Crippen LogP contribution >= 0.6 is 0 Å². The molecule has 0 saturated carbocycles. The summed E-state index contributed by atoms with van der Waals surface area (Å²) in [5.41, 5.74) is 17.9. The molecule has 0 unspecified atom stereocenters. The molecular formula is C53H34BN3. The number of para-hydroxylation sites is 2. The zero-order chi connectivity index (χ0) is 37.5. The highest BCUT2D eigenvalue weighted by atomic mass is 15.0. The van der Waals surface area contributed by atoms with Crippen LogP contribution < -0.4 is 16.4 Å². The molecule has 4 heteroatoms. The molecule has 264 valence electrons. The minimum Gasteiger partial charge on any atom is -0.309 e. The molecular weight excluding hydrogens is 689 g/mol. The van der Waals surface area contributed by atoms with Crippen LogP contribution in [0.25, 0.3) is 88.7 Å². The molecule has 0 bridgehead atoms. The Morgan fingerprint density at radius 1 is 0.421 bits per heavy atom. The van der Waals surface area contributed by atoms with Crippen LogP contribution in [0.15, 0.2) is 206 Å². The topological polar surface area (TPSA) is 22.2 Å². The van der Waals surface area contributed by atoms with Gasteiger partial charge in [0, 0.05) is 39.2 Å². The van der Waals surface area contributed by atoms with E-state index in [4.69, 9.17) is 4.98 Å². The normalized spacial score (nSPS) is 12.2. The van der Waals surface area contributed by atoms with Crippen LogP contribution in [-0.2, 0) is 0 Å². The maximum Gasteiger partial charge on any atom is 0.242 e. The highest BCUT2D eigenvalue weighted by molar-refractivity contribution is 6.99. The number of aromatic nitrogens is 3. The number of imidazole rings is 1. The molecule has 11 aromatic rings. The molecule has 0 fully saturated rings. The van der Waals surface area contributed by atoms with Crippen LogP contribution in [0.2, 0.25) is 0 Å². The second kappa shape index (κ2) is 12.6. The quantitative estimate of drug-likeness (QED) is 0.162. The van der Waals surface area contributed by atoms with Gasteiger partial charge < -0.3 is 4.57 Å². The van der Waals surface area contributed by atoms with Crippen molar-refractivity contribution in [3.8, 4) is 50.5 Å². The first kappa shape index (κ1) is 31.9. The molecule has 1 aliphatic rings. The molecule has 57 heavy (non-hydrogen) atoms. The van der Waals surface area contributed by atoms with E-state index in [1.807, 2.05) is 0 Å². The number of fused-ring (bicyclic) bond motifs is 9. The fourth-order valence-electron chi connectivity index (χ4n) is 9.41. The maximum atomic E-state index is 5.33. The number of hydrogen-bond donors (Lipinski definition) is 0. The summed E-state index contributed by atoms with van der Waals surface area (Å²) in [6.45, 7) is 0.151. The highest BCUT2D eigenvalue weighted by Crippen LogP contribution is 2.39. The summed E-state index contributed by atoms with van der Waals surface area (Å²) in [6.07, 6.45) is 2.16. The number of benzene rings is 8. The van der Waals surface area contributed by atoms with Crippen molar-refractivity contribution >= 4 is 61.3 Å². The van der Waals surface area contributed by atoms with Gasteiger partial charge in [-0.3, -0.25) is 4.40 Å². The summed E-state index contributed by atoms with van der Waals surface area (Å²) in [7, 11) is 0. The van der Waals surface area contributed by atoms with E-state index in [1.165, 1.54) is 71.5 Å². The van der Waals surface area contributed by atoms with Gasteiger partial charge in [-0.2, -0.15) is 0 Å². The molecule has 0 aliphatic carbocycles. The van der Waals surface area contributed by atoms with Crippen molar-refractivity contribution < 1.29 is 0 Å². The Morgan fingerprint density at radius 2 is 1.07 bits per heavy atom. The average Bonchev–Trinajstić information content (AvgIpc) is 3.94. The first-order valence-electron chi connectivity index (χ1n) is 19.7.